The molecule has 0 fully saturated rings. The number of ketones is 1. The Labute approximate surface area is 124 Å². The second-order valence-corrected chi connectivity index (χ2v) is 4.24. The Morgan fingerprint density at radius 3 is 2.50 bits per heavy atom. The molecule has 1 aromatic carbocycles. The Morgan fingerprint density at radius 1 is 1.20 bits per heavy atom. The van der Waals surface area contributed by atoms with Crippen molar-refractivity contribution < 1.29 is 26.5 Å². The second-order valence-electron chi connectivity index (χ2n) is 4.24. The van der Waals surface area contributed by atoms with Crippen molar-refractivity contribution >= 4 is 12.0 Å². The van der Waals surface area contributed by atoms with Gasteiger partial charge in [-0.2, -0.15) is 4.57 Å². The summed E-state index contributed by atoms with van der Waals surface area (Å²) >= 11 is 0. The van der Waals surface area contributed by atoms with Crippen LogP contribution < -0.4 is 21.7 Å². The molecule has 3 nitrogen and oxygen atoms in total. The topological polar surface area (TPSA) is 30.2 Å². The predicted octanol–water partition coefficient (Wildman–Crippen LogP) is -0.351. The number of aromatic nitrogens is 1. The largest absolute Gasteiger partial charge is 1.00 e. The molecule has 4 heteroatoms. The lowest BCUT2D eigenvalue weighted by molar-refractivity contribution is -0.568. The number of allylic oxidation sites excluding steroid dienone is 1. The van der Waals surface area contributed by atoms with E-state index in [9.17, 15) is 4.79 Å². The lowest BCUT2D eigenvalue weighted by atomic mass is 10.1. The van der Waals surface area contributed by atoms with E-state index in [0.717, 1.165) is 11.3 Å². The maximum Gasteiger partial charge on any atom is 0.191 e. The Balaban J connectivity index is 0.00000200. The van der Waals surface area contributed by atoms with E-state index in [-0.39, 0.29) is 18.2 Å². The highest BCUT2D eigenvalue weighted by Gasteiger charge is 2.03. The number of ether oxygens (including phenoxy) is 1. The fourth-order valence-electron chi connectivity index (χ4n) is 1.71. The number of benzene rings is 1. The highest BCUT2D eigenvalue weighted by atomic mass is 35.5. The molecule has 0 atom stereocenters. The van der Waals surface area contributed by atoms with Crippen LogP contribution in [0.2, 0.25) is 0 Å². The third-order valence-corrected chi connectivity index (χ3v) is 2.74. The van der Waals surface area contributed by atoms with Gasteiger partial charge in [-0.05, 0) is 37.3 Å². The van der Waals surface area contributed by atoms with Crippen LogP contribution in [0.4, 0.5) is 0 Å². The highest BCUT2D eigenvalue weighted by molar-refractivity contribution is 6.05. The van der Waals surface area contributed by atoms with E-state index in [1.54, 1.807) is 43.7 Å². The van der Waals surface area contributed by atoms with Gasteiger partial charge in [0.2, 0.25) is 0 Å². The molecule has 2 rings (SSSR count). The van der Waals surface area contributed by atoms with Crippen LogP contribution in [0, 0.1) is 6.92 Å². The third kappa shape index (κ3) is 4.21. The van der Waals surface area contributed by atoms with Crippen LogP contribution in [-0.2, 0) is 0 Å². The zero-order valence-corrected chi connectivity index (χ0v) is 12.2. The van der Waals surface area contributed by atoms with Gasteiger partial charge >= 0.3 is 0 Å². The molecule has 0 aliphatic rings. The van der Waals surface area contributed by atoms with Crippen molar-refractivity contribution in [2.45, 2.75) is 6.92 Å². The summed E-state index contributed by atoms with van der Waals surface area (Å²) < 4.78 is 6.92. The maximum absolute atomic E-state index is 12.0. The number of halogens is 1. The number of rotatable bonds is 4. The van der Waals surface area contributed by atoms with Crippen LogP contribution in [0.25, 0.3) is 6.20 Å². The van der Waals surface area contributed by atoms with Gasteiger partial charge in [0.15, 0.2) is 24.4 Å². The van der Waals surface area contributed by atoms with Crippen molar-refractivity contribution in [3.05, 3.63) is 66.0 Å². The van der Waals surface area contributed by atoms with Gasteiger partial charge in [-0.25, -0.2) is 0 Å². The van der Waals surface area contributed by atoms with Crippen molar-refractivity contribution in [3.8, 4) is 5.75 Å². The molecule has 1 heterocycles. The van der Waals surface area contributed by atoms with Crippen molar-refractivity contribution in [2.24, 2.45) is 0 Å². The number of hydrogen-bond donors (Lipinski definition) is 0. The van der Waals surface area contributed by atoms with E-state index in [1.165, 1.54) is 0 Å². The summed E-state index contributed by atoms with van der Waals surface area (Å²) in [5.74, 6) is 0.713. The van der Waals surface area contributed by atoms with E-state index in [0.29, 0.717) is 5.56 Å². The molecule has 0 aliphatic heterocycles. The van der Waals surface area contributed by atoms with Crippen LogP contribution in [0.1, 0.15) is 15.9 Å². The summed E-state index contributed by atoms with van der Waals surface area (Å²) in [7, 11) is 1.60. The van der Waals surface area contributed by atoms with E-state index < -0.39 is 0 Å². The van der Waals surface area contributed by atoms with E-state index in [4.69, 9.17) is 4.74 Å². The van der Waals surface area contributed by atoms with Gasteiger partial charge in [0.05, 0.1) is 13.2 Å². The van der Waals surface area contributed by atoms with Gasteiger partial charge in [-0.3, -0.25) is 4.79 Å². The van der Waals surface area contributed by atoms with Crippen molar-refractivity contribution in [3.63, 3.8) is 0 Å². The fraction of sp³-hybridized carbons (Fsp3) is 0.125. The Morgan fingerprint density at radius 2 is 1.90 bits per heavy atom. The number of hydrogen-bond acceptors (Lipinski definition) is 2. The van der Waals surface area contributed by atoms with Crippen LogP contribution in [0.5, 0.6) is 5.75 Å². The molecule has 0 unspecified atom stereocenters. The van der Waals surface area contributed by atoms with E-state index in [1.807, 2.05) is 36.0 Å². The first-order valence-electron chi connectivity index (χ1n) is 6.03. The molecule has 0 spiro atoms. The SMILES string of the molecule is COc1ccc(C(=O)C=C[n+]2cccc(C)c2)cc1.[Cl-]. The molecule has 0 radical (unpaired) electrons. The van der Waals surface area contributed by atoms with Gasteiger partial charge in [-0.15, -0.1) is 0 Å². The van der Waals surface area contributed by atoms with Gasteiger partial charge in [0, 0.05) is 17.2 Å². The molecule has 0 saturated carbocycles. The quantitative estimate of drug-likeness (QED) is 0.438. The monoisotopic (exact) mass is 289 g/mol. The molecular weight excluding hydrogens is 274 g/mol. The summed E-state index contributed by atoms with van der Waals surface area (Å²) in [6.45, 7) is 2.01. The number of nitrogens with zero attached hydrogens (tertiary/aromatic N) is 1. The summed E-state index contributed by atoms with van der Waals surface area (Å²) in [4.78, 5) is 12.0. The maximum atomic E-state index is 12.0. The van der Waals surface area contributed by atoms with Crippen LogP contribution in [0.15, 0.2) is 54.9 Å². The number of pyridine rings is 1. The fourth-order valence-corrected chi connectivity index (χ4v) is 1.71. The lowest BCUT2D eigenvalue weighted by Crippen LogP contribution is -3.00. The minimum Gasteiger partial charge on any atom is -1.00 e. The summed E-state index contributed by atoms with van der Waals surface area (Å²) in [6.07, 6.45) is 7.16. The van der Waals surface area contributed by atoms with Gasteiger partial charge in [0.1, 0.15) is 5.75 Å². The first-order valence-corrected chi connectivity index (χ1v) is 6.03. The van der Waals surface area contributed by atoms with Crippen LogP contribution in [0.3, 0.4) is 0 Å². The normalized spacial score (nSPS) is 10.1. The standard InChI is InChI=1S/C16H16NO2.ClH/c1-13-4-3-10-17(12-13)11-9-16(18)14-5-7-15(19-2)8-6-14;/h3-12H,1-2H3;1H/q+1;/p-1. The zero-order chi connectivity index (χ0) is 13.7. The number of carbonyl (C=O) groups excluding carboxylic acids is 1. The summed E-state index contributed by atoms with van der Waals surface area (Å²) in [5, 5.41) is 0. The first kappa shape index (κ1) is 15.9. The molecular formula is C16H16ClNO2. The van der Waals surface area contributed by atoms with Crippen LogP contribution in [-0.4, -0.2) is 12.9 Å². The highest BCUT2D eigenvalue weighted by Crippen LogP contribution is 2.11. The number of carbonyl (C=O) groups is 1. The van der Waals surface area contributed by atoms with Gasteiger partial charge in [-0.1, -0.05) is 0 Å². The zero-order valence-electron chi connectivity index (χ0n) is 11.4. The smallest absolute Gasteiger partial charge is 0.191 e. The number of methoxy groups -OCH3 is 1. The second kappa shape index (κ2) is 7.46. The molecule has 0 bridgehead atoms. The van der Waals surface area contributed by atoms with E-state index in [2.05, 4.69) is 0 Å². The Kier molecular flexibility index (Phi) is 5.94. The minimum atomic E-state index is -0.0309. The lowest BCUT2D eigenvalue weighted by Gasteiger charge is -1.99. The molecule has 2 aromatic rings. The molecule has 0 amide bonds. The third-order valence-electron chi connectivity index (χ3n) is 2.74. The van der Waals surface area contributed by atoms with Crippen molar-refractivity contribution in [1.29, 1.82) is 0 Å². The Hall–Kier alpha value is -2.13. The molecule has 0 aliphatic carbocycles. The Bertz CT molecular complexity index is 606. The molecule has 0 saturated heterocycles. The van der Waals surface area contributed by atoms with E-state index >= 15 is 0 Å². The predicted molar refractivity (Wildman–Crippen MR) is 74.0 cm³/mol. The summed E-state index contributed by atoms with van der Waals surface area (Å²) in [6, 6.07) is 11.0. The average Bonchev–Trinajstić information content (AvgIpc) is 2.45. The van der Waals surface area contributed by atoms with Crippen LogP contribution >= 0.6 is 0 Å². The molecule has 20 heavy (non-hydrogen) atoms. The molecule has 104 valence electrons. The minimum absolute atomic E-state index is 0. The van der Waals surface area contributed by atoms with Gasteiger partial charge in [0.25, 0.3) is 0 Å². The molecule has 1 aromatic heterocycles. The molecule has 0 N–H and O–H groups in total. The van der Waals surface area contributed by atoms with Crippen molar-refractivity contribution in [2.75, 3.05) is 7.11 Å². The van der Waals surface area contributed by atoms with Crippen molar-refractivity contribution in [1.82, 2.24) is 0 Å². The average molecular weight is 290 g/mol. The number of aryl methyl sites for hydroxylation is 1. The van der Waals surface area contributed by atoms with Gasteiger partial charge < -0.3 is 17.1 Å². The summed E-state index contributed by atoms with van der Waals surface area (Å²) in [5.41, 5.74) is 1.79. The first-order chi connectivity index (χ1) is 9.19.